The van der Waals surface area contributed by atoms with E-state index in [1.165, 1.54) is 21.6 Å². The molecule has 2 heteroatoms. The van der Waals surface area contributed by atoms with Crippen molar-refractivity contribution >= 4 is 11.5 Å². The average Bonchev–Trinajstić information content (AvgIpc) is 2.90. The van der Waals surface area contributed by atoms with E-state index in [4.69, 9.17) is 0 Å². The minimum atomic E-state index is 1.05. The fourth-order valence-corrected chi connectivity index (χ4v) is 2.63. The van der Waals surface area contributed by atoms with Crippen LogP contribution in [-0.2, 0) is 0 Å². The lowest BCUT2D eigenvalue weighted by Gasteiger charge is -1.96. The van der Waals surface area contributed by atoms with Crippen molar-refractivity contribution in [3.05, 3.63) is 66.2 Å². The zero-order valence-electron chi connectivity index (χ0n) is 10.1. The standard InChI is InChI=1S/C16H13NS/c1-12-7-9-13(10-8-12)15-11-16(18-17-15)14-5-3-2-4-6-14/h2-11H,1H3. The van der Waals surface area contributed by atoms with Gasteiger partial charge in [-0.1, -0.05) is 60.2 Å². The molecule has 1 heterocycles. The molecule has 0 atom stereocenters. The fourth-order valence-electron chi connectivity index (χ4n) is 1.87. The Morgan fingerprint density at radius 1 is 0.833 bits per heavy atom. The molecule has 2 aromatic carbocycles. The largest absolute Gasteiger partial charge is 0.192 e. The SMILES string of the molecule is Cc1ccc(-c2cc(-c3ccccc3)sn2)cc1. The van der Waals surface area contributed by atoms with Gasteiger partial charge in [0.1, 0.15) is 0 Å². The highest BCUT2D eigenvalue weighted by Crippen LogP contribution is 2.29. The number of hydrogen-bond donors (Lipinski definition) is 0. The number of aromatic nitrogens is 1. The molecule has 0 unspecified atom stereocenters. The van der Waals surface area contributed by atoms with Gasteiger partial charge in [-0.05, 0) is 30.1 Å². The summed E-state index contributed by atoms with van der Waals surface area (Å²) >= 11 is 1.55. The molecule has 0 saturated carbocycles. The first-order valence-corrected chi connectivity index (χ1v) is 6.69. The molecule has 0 N–H and O–H groups in total. The molecule has 1 nitrogen and oxygen atoms in total. The van der Waals surface area contributed by atoms with Crippen LogP contribution in [0.5, 0.6) is 0 Å². The molecule has 18 heavy (non-hydrogen) atoms. The van der Waals surface area contributed by atoms with Gasteiger partial charge in [0.2, 0.25) is 0 Å². The molecular formula is C16H13NS. The highest BCUT2D eigenvalue weighted by atomic mass is 32.1. The van der Waals surface area contributed by atoms with E-state index < -0.39 is 0 Å². The van der Waals surface area contributed by atoms with Gasteiger partial charge in [0.05, 0.1) is 10.6 Å². The van der Waals surface area contributed by atoms with Gasteiger partial charge in [0.15, 0.2) is 0 Å². The van der Waals surface area contributed by atoms with Crippen LogP contribution in [0.25, 0.3) is 21.7 Å². The van der Waals surface area contributed by atoms with Crippen LogP contribution < -0.4 is 0 Å². The van der Waals surface area contributed by atoms with Gasteiger partial charge < -0.3 is 0 Å². The highest BCUT2D eigenvalue weighted by molar-refractivity contribution is 7.09. The normalized spacial score (nSPS) is 10.5. The number of nitrogens with zero attached hydrogens (tertiary/aromatic N) is 1. The van der Waals surface area contributed by atoms with Crippen molar-refractivity contribution in [3.63, 3.8) is 0 Å². The molecule has 0 spiro atoms. The van der Waals surface area contributed by atoms with Crippen LogP contribution in [-0.4, -0.2) is 4.37 Å². The number of aryl methyl sites for hydroxylation is 1. The van der Waals surface area contributed by atoms with Gasteiger partial charge in [-0.15, -0.1) is 0 Å². The maximum atomic E-state index is 4.53. The van der Waals surface area contributed by atoms with Gasteiger partial charge in [-0.3, -0.25) is 0 Å². The first kappa shape index (κ1) is 11.2. The molecule has 1 aromatic heterocycles. The van der Waals surface area contributed by atoms with Crippen LogP contribution >= 0.6 is 11.5 Å². The second kappa shape index (κ2) is 4.75. The molecule has 0 aliphatic heterocycles. The van der Waals surface area contributed by atoms with Crippen molar-refractivity contribution in [2.75, 3.05) is 0 Å². The van der Waals surface area contributed by atoms with E-state index in [0.29, 0.717) is 0 Å². The molecule has 3 aromatic rings. The van der Waals surface area contributed by atoms with Crippen molar-refractivity contribution in [2.24, 2.45) is 0 Å². The van der Waals surface area contributed by atoms with E-state index in [2.05, 4.69) is 65.9 Å². The van der Waals surface area contributed by atoms with E-state index in [0.717, 1.165) is 5.69 Å². The molecule has 0 fully saturated rings. The monoisotopic (exact) mass is 251 g/mol. The van der Waals surface area contributed by atoms with Gasteiger partial charge in [-0.2, -0.15) is 4.37 Å². The Morgan fingerprint density at radius 3 is 2.28 bits per heavy atom. The summed E-state index contributed by atoms with van der Waals surface area (Å²) in [7, 11) is 0. The second-order valence-corrected chi connectivity index (χ2v) is 5.11. The number of hydrogen-bond acceptors (Lipinski definition) is 2. The van der Waals surface area contributed by atoms with Gasteiger partial charge in [0, 0.05) is 5.56 Å². The first-order chi connectivity index (χ1) is 8.83. The summed E-state index contributed by atoms with van der Waals surface area (Å²) in [6.45, 7) is 2.10. The first-order valence-electron chi connectivity index (χ1n) is 5.92. The number of benzene rings is 2. The van der Waals surface area contributed by atoms with E-state index in [1.54, 1.807) is 11.5 Å². The molecule has 88 valence electrons. The number of rotatable bonds is 2. The Balaban J connectivity index is 1.97. The third-order valence-electron chi connectivity index (χ3n) is 2.92. The van der Waals surface area contributed by atoms with Crippen molar-refractivity contribution in [1.29, 1.82) is 0 Å². The topological polar surface area (TPSA) is 12.9 Å². The Kier molecular flexibility index (Phi) is 2.95. The van der Waals surface area contributed by atoms with Gasteiger partial charge in [-0.25, -0.2) is 0 Å². The van der Waals surface area contributed by atoms with Crippen LogP contribution in [0.3, 0.4) is 0 Å². The van der Waals surface area contributed by atoms with Gasteiger partial charge >= 0.3 is 0 Å². The molecule has 0 amide bonds. The van der Waals surface area contributed by atoms with E-state index in [1.807, 2.05) is 6.07 Å². The Labute approximate surface area is 111 Å². The van der Waals surface area contributed by atoms with Crippen molar-refractivity contribution in [3.8, 4) is 21.7 Å². The van der Waals surface area contributed by atoms with Crippen molar-refractivity contribution in [1.82, 2.24) is 4.37 Å². The van der Waals surface area contributed by atoms with Crippen molar-refractivity contribution < 1.29 is 0 Å². The predicted octanol–water partition coefficient (Wildman–Crippen LogP) is 4.79. The van der Waals surface area contributed by atoms with E-state index in [9.17, 15) is 0 Å². The second-order valence-electron chi connectivity index (χ2n) is 4.31. The third kappa shape index (κ3) is 2.20. The van der Waals surface area contributed by atoms with Crippen LogP contribution in [0.1, 0.15) is 5.56 Å². The predicted molar refractivity (Wildman–Crippen MR) is 77.7 cm³/mol. The lowest BCUT2D eigenvalue weighted by atomic mass is 10.1. The summed E-state index contributed by atoms with van der Waals surface area (Å²) in [6, 6.07) is 21.0. The molecule has 0 radical (unpaired) electrons. The smallest absolute Gasteiger partial charge is 0.0847 e. The van der Waals surface area contributed by atoms with Gasteiger partial charge in [0.25, 0.3) is 0 Å². The summed E-state index contributed by atoms with van der Waals surface area (Å²) in [5, 5.41) is 0. The summed E-state index contributed by atoms with van der Waals surface area (Å²) in [5.41, 5.74) is 4.74. The highest BCUT2D eigenvalue weighted by Gasteiger charge is 2.05. The molecular weight excluding hydrogens is 238 g/mol. The zero-order valence-corrected chi connectivity index (χ0v) is 10.9. The molecule has 0 saturated heterocycles. The van der Waals surface area contributed by atoms with Crippen LogP contribution in [0.15, 0.2) is 60.7 Å². The van der Waals surface area contributed by atoms with Crippen LogP contribution in [0.4, 0.5) is 0 Å². The molecule has 0 aliphatic carbocycles. The molecule has 3 rings (SSSR count). The third-order valence-corrected chi connectivity index (χ3v) is 3.75. The average molecular weight is 251 g/mol. The Bertz CT molecular complexity index is 638. The lowest BCUT2D eigenvalue weighted by Crippen LogP contribution is -1.76. The quantitative estimate of drug-likeness (QED) is 0.638. The lowest BCUT2D eigenvalue weighted by molar-refractivity contribution is 1.45. The maximum Gasteiger partial charge on any atom is 0.0847 e. The fraction of sp³-hybridized carbons (Fsp3) is 0.0625. The Morgan fingerprint density at radius 2 is 1.56 bits per heavy atom. The summed E-state index contributed by atoms with van der Waals surface area (Å²) in [4.78, 5) is 1.21. The summed E-state index contributed by atoms with van der Waals surface area (Å²) in [6.07, 6.45) is 0. The molecule has 0 aliphatic rings. The minimum Gasteiger partial charge on any atom is -0.192 e. The van der Waals surface area contributed by atoms with E-state index >= 15 is 0 Å². The van der Waals surface area contributed by atoms with Crippen molar-refractivity contribution in [2.45, 2.75) is 6.92 Å². The van der Waals surface area contributed by atoms with E-state index in [-0.39, 0.29) is 0 Å². The molecule has 0 bridgehead atoms. The summed E-state index contributed by atoms with van der Waals surface area (Å²) < 4.78 is 4.53. The van der Waals surface area contributed by atoms with Crippen LogP contribution in [0, 0.1) is 6.92 Å². The van der Waals surface area contributed by atoms with Crippen LogP contribution in [0.2, 0.25) is 0 Å². The zero-order chi connectivity index (χ0) is 12.4. The summed E-state index contributed by atoms with van der Waals surface area (Å²) in [5.74, 6) is 0. The minimum absolute atomic E-state index is 1.05. The Hall–Kier alpha value is -1.93. The maximum absolute atomic E-state index is 4.53.